The van der Waals surface area contributed by atoms with E-state index < -0.39 is 11.8 Å². The summed E-state index contributed by atoms with van der Waals surface area (Å²) in [7, 11) is 1.55. The molecule has 4 heteroatoms. The molecule has 1 aromatic rings. The summed E-state index contributed by atoms with van der Waals surface area (Å²) >= 11 is 0. The minimum atomic E-state index is -0.451. The lowest BCUT2D eigenvalue weighted by Gasteiger charge is -2.13. The van der Waals surface area contributed by atoms with Gasteiger partial charge in [-0.1, -0.05) is 24.3 Å². The van der Waals surface area contributed by atoms with Gasteiger partial charge in [0.05, 0.1) is 24.6 Å². The van der Waals surface area contributed by atoms with Gasteiger partial charge in [0.1, 0.15) is 5.76 Å². The second-order valence-corrected chi connectivity index (χ2v) is 4.53. The number of anilines is 1. The van der Waals surface area contributed by atoms with E-state index in [0.29, 0.717) is 11.4 Å². The molecule has 0 aromatic heterocycles. The van der Waals surface area contributed by atoms with E-state index in [4.69, 9.17) is 4.74 Å². The highest BCUT2D eigenvalue weighted by molar-refractivity contribution is 6.23. The van der Waals surface area contributed by atoms with Crippen molar-refractivity contribution in [1.29, 1.82) is 0 Å². The number of fused-ring (bicyclic) bond motifs is 1. The lowest BCUT2D eigenvalue weighted by atomic mass is 9.90. The Balaban J connectivity index is 1.99. The minimum Gasteiger partial charge on any atom is -0.497 e. The molecule has 1 unspecified atom stereocenters. The van der Waals surface area contributed by atoms with Gasteiger partial charge < -0.3 is 4.74 Å². The largest absolute Gasteiger partial charge is 0.497 e. The standard InChI is InChI=1S/C15H13NO3/c1-19-11-7-8-12-13(9-11)15(18)16(14(12)17)10-5-3-2-4-6-10/h2-9,12-13H,1H3/t12-,13?/m0/s1. The zero-order valence-electron chi connectivity index (χ0n) is 10.4. The molecular formula is C15H13NO3. The Bertz CT molecular complexity index is 589. The van der Waals surface area contributed by atoms with E-state index in [9.17, 15) is 9.59 Å². The zero-order chi connectivity index (χ0) is 13.4. The van der Waals surface area contributed by atoms with Crippen molar-refractivity contribution < 1.29 is 14.3 Å². The molecule has 2 aliphatic rings. The Kier molecular flexibility index (Phi) is 2.71. The van der Waals surface area contributed by atoms with Crippen LogP contribution in [0.15, 0.2) is 54.3 Å². The fraction of sp³-hybridized carbons (Fsp3) is 0.200. The normalized spacial score (nSPS) is 25.3. The van der Waals surface area contributed by atoms with E-state index in [0.717, 1.165) is 0 Å². The zero-order valence-corrected chi connectivity index (χ0v) is 10.4. The number of para-hydroxylation sites is 1. The molecule has 0 N–H and O–H groups in total. The van der Waals surface area contributed by atoms with Crippen LogP contribution in [0.2, 0.25) is 0 Å². The number of imide groups is 1. The number of amides is 2. The molecule has 1 heterocycles. The van der Waals surface area contributed by atoms with E-state index in [1.807, 2.05) is 18.2 Å². The molecule has 1 saturated heterocycles. The average molecular weight is 255 g/mol. The number of carbonyl (C=O) groups is 2. The second kappa shape index (κ2) is 4.39. The predicted molar refractivity (Wildman–Crippen MR) is 70.1 cm³/mol. The van der Waals surface area contributed by atoms with Crippen molar-refractivity contribution in [3.8, 4) is 0 Å². The van der Waals surface area contributed by atoms with Gasteiger partial charge in [0.25, 0.3) is 0 Å². The summed E-state index contributed by atoms with van der Waals surface area (Å²) in [5.74, 6) is -0.611. The van der Waals surface area contributed by atoms with E-state index in [1.165, 1.54) is 4.90 Å². The molecule has 1 aliphatic heterocycles. The van der Waals surface area contributed by atoms with Gasteiger partial charge >= 0.3 is 0 Å². The van der Waals surface area contributed by atoms with E-state index in [2.05, 4.69) is 0 Å². The Labute approximate surface area is 111 Å². The summed E-state index contributed by atoms with van der Waals surface area (Å²) in [6.07, 6.45) is 5.20. The maximum absolute atomic E-state index is 12.4. The van der Waals surface area contributed by atoms with Crippen LogP contribution in [-0.4, -0.2) is 18.9 Å². The number of hydrogen-bond donors (Lipinski definition) is 0. The summed E-state index contributed by atoms with van der Waals surface area (Å²) in [6, 6.07) is 8.99. The Morgan fingerprint density at radius 3 is 2.42 bits per heavy atom. The smallest absolute Gasteiger partial charge is 0.241 e. The minimum absolute atomic E-state index is 0.177. The first kappa shape index (κ1) is 11.7. The van der Waals surface area contributed by atoms with Crippen LogP contribution in [0.1, 0.15) is 0 Å². The topological polar surface area (TPSA) is 46.6 Å². The molecule has 1 fully saturated rings. The molecule has 3 rings (SSSR count). The van der Waals surface area contributed by atoms with Gasteiger partial charge in [-0.25, -0.2) is 4.90 Å². The van der Waals surface area contributed by atoms with Crippen LogP contribution in [0.3, 0.4) is 0 Å². The number of allylic oxidation sites excluding steroid dienone is 1. The molecule has 1 aromatic carbocycles. The van der Waals surface area contributed by atoms with Crippen LogP contribution in [0.5, 0.6) is 0 Å². The summed E-state index contributed by atoms with van der Waals surface area (Å²) in [5.41, 5.74) is 0.618. The predicted octanol–water partition coefficient (Wildman–Crippen LogP) is 1.89. The Morgan fingerprint density at radius 1 is 1.05 bits per heavy atom. The molecule has 4 nitrogen and oxygen atoms in total. The Morgan fingerprint density at radius 2 is 1.74 bits per heavy atom. The number of methoxy groups -OCH3 is 1. The van der Waals surface area contributed by atoms with Crippen molar-refractivity contribution in [1.82, 2.24) is 0 Å². The van der Waals surface area contributed by atoms with E-state index >= 15 is 0 Å². The molecule has 1 aliphatic carbocycles. The van der Waals surface area contributed by atoms with Crippen LogP contribution >= 0.6 is 0 Å². The fourth-order valence-corrected chi connectivity index (χ4v) is 2.49. The quantitative estimate of drug-likeness (QED) is 0.758. The number of ether oxygens (including phenoxy) is 1. The highest BCUT2D eigenvalue weighted by atomic mass is 16.5. The van der Waals surface area contributed by atoms with Gasteiger partial charge in [-0.3, -0.25) is 9.59 Å². The van der Waals surface area contributed by atoms with Crippen LogP contribution in [0.4, 0.5) is 5.69 Å². The first-order valence-electron chi connectivity index (χ1n) is 6.09. The maximum atomic E-state index is 12.4. The molecule has 0 bridgehead atoms. The van der Waals surface area contributed by atoms with Gasteiger partial charge in [-0.2, -0.15) is 0 Å². The van der Waals surface area contributed by atoms with Gasteiger partial charge in [0, 0.05) is 0 Å². The molecule has 0 saturated carbocycles. The van der Waals surface area contributed by atoms with Gasteiger partial charge in [-0.05, 0) is 24.3 Å². The number of nitrogens with zero attached hydrogens (tertiary/aromatic N) is 1. The third kappa shape index (κ3) is 1.76. The molecule has 19 heavy (non-hydrogen) atoms. The highest BCUT2D eigenvalue weighted by Crippen LogP contribution is 2.35. The third-order valence-electron chi connectivity index (χ3n) is 3.46. The SMILES string of the molecule is COC1=CC2C(=O)N(c3ccccc3)C(=O)[C@H]2C=C1. The lowest BCUT2D eigenvalue weighted by Crippen LogP contribution is -2.30. The van der Waals surface area contributed by atoms with E-state index in [-0.39, 0.29) is 11.8 Å². The summed E-state index contributed by atoms with van der Waals surface area (Å²) in [4.78, 5) is 26.0. The monoisotopic (exact) mass is 255 g/mol. The van der Waals surface area contributed by atoms with Crippen molar-refractivity contribution in [3.05, 3.63) is 54.3 Å². The van der Waals surface area contributed by atoms with Crippen LogP contribution in [0.25, 0.3) is 0 Å². The summed E-state index contributed by atoms with van der Waals surface area (Å²) in [5, 5.41) is 0. The van der Waals surface area contributed by atoms with Crippen LogP contribution in [-0.2, 0) is 14.3 Å². The van der Waals surface area contributed by atoms with Gasteiger partial charge in [0.15, 0.2) is 0 Å². The molecular weight excluding hydrogens is 242 g/mol. The Hall–Kier alpha value is -2.36. The first-order chi connectivity index (χ1) is 9.22. The van der Waals surface area contributed by atoms with Gasteiger partial charge in [-0.15, -0.1) is 0 Å². The lowest BCUT2D eigenvalue weighted by molar-refractivity contribution is -0.122. The number of carbonyl (C=O) groups excluding carboxylic acids is 2. The maximum Gasteiger partial charge on any atom is 0.241 e. The van der Waals surface area contributed by atoms with Crippen molar-refractivity contribution in [2.45, 2.75) is 0 Å². The molecule has 0 radical (unpaired) electrons. The van der Waals surface area contributed by atoms with Crippen LogP contribution < -0.4 is 4.90 Å². The summed E-state index contributed by atoms with van der Waals surface area (Å²) < 4.78 is 5.12. The number of benzene rings is 1. The molecule has 96 valence electrons. The average Bonchev–Trinajstić information content (AvgIpc) is 2.71. The number of rotatable bonds is 2. The van der Waals surface area contributed by atoms with Crippen molar-refractivity contribution in [2.75, 3.05) is 12.0 Å². The van der Waals surface area contributed by atoms with Gasteiger partial charge in [0.2, 0.25) is 11.8 Å². The number of hydrogen-bond acceptors (Lipinski definition) is 3. The highest BCUT2D eigenvalue weighted by Gasteiger charge is 2.47. The van der Waals surface area contributed by atoms with Crippen LogP contribution in [0, 0.1) is 11.8 Å². The van der Waals surface area contributed by atoms with Crippen molar-refractivity contribution in [3.63, 3.8) is 0 Å². The fourth-order valence-electron chi connectivity index (χ4n) is 2.49. The van der Waals surface area contributed by atoms with Crippen molar-refractivity contribution >= 4 is 17.5 Å². The summed E-state index contributed by atoms with van der Waals surface area (Å²) in [6.45, 7) is 0. The van der Waals surface area contributed by atoms with Crippen molar-refractivity contribution in [2.24, 2.45) is 11.8 Å². The third-order valence-corrected chi connectivity index (χ3v) is 3.46. The van der Waals surface area contributed by atoms with E-state index in [1.54, 1.807) is 37.5 Å². The molecule has 2 amide bonds. The second-order valence-electron chi connectivity index (χ2n) is 4.53. The first-order valence-corrected chi connectivity index (χ1v) is 6.09. The molecule has 0 spiro atoms. The molecule has 2 atom stereocenters.